The number of hydrogen-bond acceptors (Lipinski definition) is 2. The molecule has 0 aromatic heterocycles. The van der Waals surface area contributed by atoms with Crippen LogP contribution in [0.1, 0.15) is 45.4 Å². The average molecular weight is 154 g/mol. The Morgan fingerprint density at radius 2 is 2.09 bits per heavy atom. The van der Waals surface area contributed by atoms with Crippen molar-refractivity contribution in [3.63, 3.8) is 0 Å². The molecule has 0 aromatic rings. The quantitative estimate of drug-likeness (QED) is 0.596. The van der Waals surface area contributed by atoms with Crippen molar-refractivity contribution >= 4 is 0 Å². The standard InChI is InChI=1S/C9H18N2/c1-2-3-4-5-6-9(11)7-8-10/h9H,2-7,11H2,1H3. The summed E-state index contributed by atoms with van der Waals surface area (Å²) in [5, 5.41) is 8.31. The lowest BCUT2D eigenvalue weighted by Crippen LogP contribution is -2.18. The van der Waals surface area contributed by atoms with E-state index in [1.807, 2.05) is 0 Å². The molecule has 64 valence electrons. The van der Waals surface area contributed by atoms with Crippen LogP contribution in [0.5, 0.6) is 0 Å². The molecule has 0 saturated carbocycles. The molecule has 0 amide bonds. The van der Waals surface area contributed by atoms with Crippen LogP contribution in [0.15, 0.2) is 0 Å². The Kier molecular flexibility index (Phi) is 7.18. The van der Waals surface area contributed by atoms with Crippen LogP contribution in [-0.4, -0.2) is 6.04 Å². The number of unbranched alkanes of at least 4 members (excludes halogenated alkanes) is 3. The third-order valence-electron chi connectivity index (χ3n) is 1.78. The zero-order chi connectivity index (χ0) is 8.53. The second-order valence-electron chi connectivity index (χ2n) is 2.97. The fourth-order valence-electron chi connectivity index (χ4n) is 1.05. The Hall–Kier alpha value is -0.550. The number of nitrogens with two attached hydrogens (primary N) is 1. The van der Waals surface area contributed by atoms with Gasteiger partial charge in [0.15, 0.2) is 0 Å². The minimum atomic E-state index is 0.108. The van der Waals surface area contributed by atoms with Crippen LogP contribution < -0.4 is 5.73 Å². The topological polar surface area (TPSA) is 49.8 Å². The van der Waals surface area contributed by atoms with Crippen LogP contribution in [-0.2, 0) is 0 Å². The van der Waals surface area contributed by atoms with Gasteiger partial charge in [0, 0.05) is 6.04 Å². The Labute approximate surface area is 69.4 Å². The summed E-state index contributed by atoms with van der Waals surface area (Å²) in [7, 11) is 0. The Morgan fingerprint density at radius 1 is 1.36 bits per heavy atom. The summed E-state index contributed by atoms with van der Waals surface area (Å²) in [5.74, 6) is 0. The van der Waals surface area contributed by atoms with Gasteiger partial charge in [-0.1, -0.05) is 32.6 Å². The molecule has 2 N–H and O–H groups in total. The molecule has 11 heavy (non-hydrogen) atoms. The van der Waals surface area contributed by atoms with Crippen LogP contribution in [0, 0.1) is 11.3 Å². The molecule has 2 heteroatoms. The van der Waals surface area contributed by atoms with E-state index in [0.717, 1.165) is 6.42 Å². The molecule has 1 atom stereocenters. The summed E-state index contributed by atoms with van der Waals surface area (Å²) in [4.78, 5) is 0. The maximum atomic E-state index is 8.31. The molecule has 0 saturated heterocycles. The van der Waals surface area contributed by atoms with Gasteiger partial charge in [0.1, 0.15) is 0 Å². The molecule has 1 unspecified atom stereocenters. The molecule has 0 aromatic carbocycles. The molecule has 0 heterocycles. The van der Waals surface area contributed by atoms with Gasteiger partial charge in [0.2, 0.25) is 0 Å². The van der Waals surface area contributed by atoms with E-state index < -0.39 is 0 Å². The minimum Gasteiger partial charge on any atom is -0.327 e. The second kappa shape index (κ2) is 7.56. The van der Waals surface area contributed by atoms with Crippen molar-refractivity contribution in [3.05, 3.63) is 0 Å². The number of nitriles is 1. The average Bonchev–Trinajstić information content (AvgIpc) is 1.99. The van der Waals surface area contributed by atoms with Crippen molar-refractivity contribution in [2.45, 2.75) is 51.5 Å². The van der Waals surface area contributed by atoms with Gasteiger partial charge in [-0.3, -0.25) is 0 Å². The first-order chi connectivity index (χ1) is 5.31. The summed E-state index contributed by atoms with van der Waals surface area (Å²) in [6.07, 6.45) is 6.50. The first-order valence-electron chi connectivity index (χ1n) is 4.43. The van der Waals surface area contributed by atoms with Crippen LogP contribution >= 0.6 is 0 Å². The highest BCUT2D eigenvalue weighted by Crippen LogP contribution is 2.05. The monoisotopic (exact) mass is 154 g/mol. The van der Waals surface area contributed by atoms with E-state index in [1.54, 1.807) is 0 Å². The van der Waals surface area contributed by atoms with E-state index in [2.05, 4.69) is 13.0 Å². The fraction of sp³-hybridized carbons (Fsp3) is 0.889. The van der Waals surface area contributed by atoms with Crippen molar-refractivity contribution in [2.75, 3.05) is 0 Å². The summed E-state index contributed by atoms with van der Waals surface area (Å²) in [6.45, 7) is 2.19. The van der Waals surface area contributed by atoms with Gasteiger partial charge < -0.3 is 5.73 Å². The van der Waals surface area contributed by atoms with Gasteiger partial charge in [-0.25, -0.2) is 0 Å². The van der Waals surface area contributed by atoms with E-state index in [1.165, 1.54) is 25.7 Å². The molecule has 0 rings (SSSR count). The van der Waals surface area contributed by atoms with E-state index in [4.69, 9.17) is 11.0 Å². The number of rotatable bonds is 6. The molecule has 0 bridgehead atoms. The Morgan fingerprint density at radius 3 is 2.64 bits per heavy atom. The van der Waals surface area contributed by atoms with E-state index in [0.29, 0.717) is 6.42 Å². The zero-order valence-electron chi connectivity index (χ0n) is 7.34. The summed E-state index contributed by atoms with van der Waals surface area (Å²) in [6, 6.07) is 2.19. The Balaban J connectivity index is 3.05. The fourth-order valence-corrected chi connectivity index (χ4v) is 1.05. The van der Waals surface area contributed by atoms with Gasteiger partial charge in [-0.15, -0.1) is 0 Å². The summed E-state index contributed by atoms with van der Waals surface area (Å²) >= 11 is 0. The first kappa shape index (κ1) is 10.4. The number of nitrogens with zero attached hydrogens (tertiary/aromatic N) is 1. The van der Waals surface area contributed by atoms with Crippen molar-refractivity contribution in [1.29, 1.82) is 5.26 Å². The predicted molar refractivity (Wildman–Crippen MR) is 47.0 cm³/mol. The Bertz CT molecular complexity index is 115. The molecular weight excluding hydrogens is 136 g/mol. The molecule has 0 aliphatic rings. The van der Waals surface area contributed by atoms with Gasteiger partial charge >= 0.3 is 0 Å². The first-order valence-corrected chi connectivity index (χ1v) is 4.43. The third-order valence-corrected chi connectivity index (χ3v) is 1.78. The summed E-state index contributed by atoms with van der Waals surface area (Å²) < 4.78 is 0. The lowest BCUT2D eigenvalue weighted by atomic mass is 10.1. The van der Waals surface area contributed by atoms with Crippen molar-refractivity contribution in [2.24, 2.45) is 5.73 Å². The minimum absolute atomic E-state index is 0.108. The van der Waals surface area contributed by atoms with Crippen LogP contribution in [0.3, 0.4) is 0 Å². The van der Waals surface area contributed by atoms with E-state index in [-0.39, 0.29) is 6.04 Å². The van der Waals surface area contributed by atoms with Crippen molar-refractivity contribution in [1.82, 2.24) is 0 Å². The van der Waals surface area contributed by atoms with Crippen LogP contribution in [0.4, 0.5) is 0 Å². The third kappa shape index (κ3) is 7.35. The van der Waals surface area contributed by atoms with Gasteiger partial charge in [0.25, 0.3) is 0 Å². The van der Waals surface area contributed by atoms with Gasteiger partial charge in [-0.05, 0) is 6.42 Å². The lowest BCUT2D eigenvalue weighted by Gasteiger charge is -2.05. The molecule has 0 aliphatic carbocycles. The molecule has 0 aliphatic heterocycles. The highest BCUT2D eigenvalue weighted by molar-refractivity contribution is 4.77. The van der Waals surface area contributed by atoms with Gasteiger partial charge in [-0.2, -0.15) is 5.26 Å². The molecule has 0 fully saturated rings. The molecule has 2 nitrogen and oxygen atoms in total. The predicted octanol–water partition coefficient (Wildman–Crippen LogP) is 2.20. The van der Waals surface area contributed by atoms with Crippen LogP contribution in [0.2, 0.25) is 0 Å². The lowest BCUT2D eigenvalue weighted by molar-refractivity contribution is 0.554. The molecule has 0 spiro atoms. The maximum Gasteiger partial charge on any atom is 0.0638 e. The largest absolute Gasteiger partial charge is 0.327 e. The highest BCUT2D eigenvalue weighted by atomic mass is 14.6. The molecule has 0 radical (unpaired) electrons. The van der Waals surface area contributed by atoms with Crippen LogP contribution in [0.25, 0.3) is 0 Å². The van der Waals surface area contributed by atoms with E-state index >= 15 is 0 Å². The SMILES string of the molecule is CCCCCCC(N)CC#N. The van der Waals surface area contributed by atoms with Crippen molar-refractivity contribution in [3.8, 4) is 6.07 Å². The smallest absolute Gasteiger partial charge is 0.0638 e. The second-order valence-corrected chi connectivity index (χ2v) is 2.97. The normalized spacial score (nSPS) is 12.5. The number of hydrogen-bond donors (Lipinski definition) is 1. The molecular formula is C9H18N2. The van der Waals surface area contributed by atoms with E-state index in [9.17, 15) is 0 Å². The maximum absolute atomic E-state index is 8.31. The summed E-state index contributed by atoms with van der Waals surface area (Å²) in [5.41, 5.74) is 5.64. The highest BCUT2D eigenvalue weighted by Gasteiger charge is 1.99. The van der Waals surface area contributed by atoms with Crippen molar-refractivity contribution < 1.29 is 0 Å². The van der Waals surface area contributed by atoms with Gasteiger partial charge in [0.05, 0.1) is 12.5 Å². The zero-order valence-corrected chi connectivity index (χ0v) is 7.34.